The van der Waals surface area contributed by atoms with Crippen LogP contribution < -0.4 is 5.32 Å². The maximum Gasteiger partial charge on any atom is 0.241 e. The lowest BCUT2D eigenvalue weighted by molar-refractivity contribution is -0.126. The lowest BCUT2D eigenvalue weighted by atomic mass is 9.96. The fourth-order valence-corrected chi connectivity index (χ4v) is 4.56. The van der Waals surface area contributed by atoms with E-state index in [0.717, 1.165) is 53.2 Å². The highest BCUT2D eigenvalue weighted by Crippen LogP contribution is 2.22. The SMILES string of the molecule is O=C(NCCSCc1ccco1)C1CCN(Cc2nc(-c3ccc(Br)cc3)no2)CC1. The molecule has 0 saturated carbocycles. The van der Waals surface area contributed by atoms with E-state index < -0.39 is 0 Å². The molecule has 7 nitrogen and oxygen atoms in total. The number of hydrogen-bond acceptors (Lipinski definition) is 7. The highest BCUT2D eigenvalue weighted by atomic mass is 79.9. The van der Waals surface area contributed by atoms with Crippen molar-refractivity contribution in [2.45, 2.75) is 25.1 Å². The molecule has 9 heteroatoms. The number of likely N-dealkylation sites (tertiary alicyclic amines) is 1. The second-order valence-corrected chi connectivity index (χ2v) is 9.51. The number of rotatable bonds is 9. The van der Waals surface area contributed by atoms with Crippen molar-refractivity contribution in [1.29, 1.82) is 0 Å². The molecule has 1 aromatic carbocycles. The van der Waals surface area contributed by atoms with Gasteiger partial charge >= 0.3 is 0 Å². The summed E-state index contributed by atoms with van der Waals surface area (Å²) in [5.41, 5.74) is 0.927. The van der Waals surface area contributed by atoms with Crippen molar-refractivity contribution >= 4 is 33.6 Å². The topological polar surface area (TPSA) is 84.4 Å². The van der Waals surface area contributed by atoms with Crippen LogP contribution in [0.25, 0.3) is 11.4 Å². The monoisotopic (exact) mass is 504 g/mol. The van der Waals surface area contributed by atoms with Crippen LogP contribution in [0, 0.1) is 5.92 Å². The smallest absolute Gasteiger partial charge is 0.241 e. The van der Waals surface area contributed by atoms with E-state index >= 15 is 0 Å². The minimum atomic E-state index is 0.0762. The Hall–Kier alpha value is -2.10. The van der Waals surface area contributed by atoms with Crippen LogP contribution in [-0.2, 0) is 17.1 Å². The van der Waals surface area contributed by atoms with Gasteiger partial charge in [0.2, 0.25) is 17.6 Å². The second kappa shape index (κ2) is 11.0. The number of halogens is 1. The Morgan fingerprint density at radius 2 is 2.03 bits per heavy atom. The zero-order chi connectivity index (χ0) is 21.5. The molecule has 0 radical (unpaired) electrons. The zero-order valence-electron chi connectivity index (χ0n) is 17.1. The highest BCUT2D eigenvalue weighted by Gasteiger charge is 2.25. The number of benzene rings is 1. The van der Waals surface area contributed by atoms with Crippen LogP contribution in [0.15, 0.2) is 56.1 Å². The Kier molecular flexibility index (Phi) is 7.82. The summed E-state index contributed by atoms with van der Waals surface area (Å²) in [6.07, 6.45) is 3.38. The van der Waals surface area contributed by atoms with Crippen molar-refractivity contribution < 1.29 is 13.7 Å². The molecule has 1 fully saturated rings. The molecule has 3 heterocycles. The summed E-state index contributed by atoms with van der Waals surface area (Å²) in [5.74, 6) is 4.12. The molecular weight excluding hydrogens is 480 g/mol. The van der Waals surface area contributed by atoms with Crippen molar-refractivity contribution in [3.05, 3.63) is 58.8 Å². The normalized spacial score (nSPS) is 15.3. The van der Waals surface area contributed by atoms with Gasteiger partial charge in [0, 0.05) is 28.3 Å². The third kappa shape index (κ3) is 6.44. The fraction of sp³-hybridized carbons (Fsp3) is 0.409. The Morgan fingerprint density at radius 3 is 2.77 bits per heavy atom. The molecule has 31 heavy (non-hydrogen) atoms. The van der Waals surface area contributed by atoms with Crippen molar-refractivity contribution in [1.82, 2.24) is 20.4 Å². The van der Waals surface area contributed by atoms with Crippen LogP contribution in [0.1, 0.15) is 24.5 Å². The fourth-order valence-electron chi connectivity index (χ4n) is 3.54. The molecule has 164 valence electrons. The van der Waals surface area contributed by atoms with E-state index in [1.54, 1.807) is 18.0 Å². The molecule has 1 amide bonds. The zero-order valence-corrected chi connectivity index (χ0v) is 19.5. The Labute approximate surface area is 194 Å². The molecule has 1 aliphatic heterocycles. The number of thioether (sulfide) groups is 1. The molecule has 1 saturated heterocycles. The molecule has 0 spiro atoms. The summed E-state index contributed by atoms with van der Waals surface area (Å²) in [6.45, 7) is 3.00. The van der Waals surface area contributed by atoms with Gasteiger partial charge in [-0.05, 0) is 62.3 Å². The summed E-state index contributed by atoms with van der Waals surface area (Å²) in [4.78, 5) is 19.2. The average Bonchev–Trinajstić information content (AvgIpc) is 3.47. The van der Waals surface area contributed by atoms with Gasteiger partial charge in [0.1, 0.15) is 5.76 Å². The number of carbonyl (C=O) groups is 1. The predicted molar refractivity (Wildman–Crippen MR) is 123 cm³/mol. The van der Waals surface area contributed by atoms with Crippen molar-refractivity contribution in [2.24, 2.45) is 5.92 Å². The number of carbonyl (C=O) groups excluding carboxylic acids is 1. The molecule has 4 rings (SSSR count). The van der Waals surface area contributed by atoms with Gasteiger partial charge in [-0.1, -0.05) is 21.1 Å². The van der Waals surface area contributed by atoms with E-state index in [4.69, 9.17) is 8.94 Å². The summed E-state index contributed by atoms with van der Waals surface area (Å²) in [7, 11) is 0. The lowest BCUT2D eigenvalue weighted by Gasteiger charge is -2.30. The molecule has 2 aromatic heterocycles. The van der Waals surface area contributed by atoms with Crippen LogP contribution >= 0.6 is 27.7 Å². The van der Waals surface area contributed by atoms with Gasteiger partial charge in [0.15, 0.2) is 0 Å². The second-order valence-electron chi connectivity index (χ2n) is 7.49. The number of furan rings is 1. The minimum absolute atomic E-state index is 0.0762. The van der Waals surface area contributed by atoms with Crippen LogP contribution in [0.4, 0.5) is 0 Å². The number of hydrogen-bond donors (Lipinski definition) is 1. The predicted octanol–water partition coefficient (Wildman–Crippen LogP) is 4.35. The van der Waals surface area contributed by atoms with Crippen LogP contribution in [0.2, 0.25) is 0 Å². The molecule has 0 aliphatic carbocycles. The number of nitrogens with zero attached hydrogens (tertiary/aromatic N) is 3. The molecule has 1 aliphatic rings. The minimum Gasteiger partial charge on any atom is -0.468 e. The molecule has 0 unspecified atom stereocenters. The third-order valence-corrected chi connectivity index (χ3v) is 6.77. The molecule has 0 bridgehead atoms. The molecular formula is C22H25BrN4O3S. The third-order valence-electron chi connectivity index (χ3n) is 5.26. The molecule has 3 aromatic rings. The Balaban J connectivity index is 1.15. The first-order valence-corrected chi connectivity index (χ1v) is 12.3. The van der Waals surface area contributed by atoms with Gasteiger partial charge in [-0.3, -0.25) is 9.69 Å². The van der Waals surface area contributed by atoms with E-state index in [-0.39, 0.29) is 11.8 Å². The number of piperidine rings is 1. The van der Waals surface area contributed by atoms with E-state index in [1.165, 1.54) is 0 Å². The summed E-state index contributed by atoms with van der Waals surface area (Å²) < 4.78 is 11.7. The quantitative estimate of drug-likeness (QED) is 0.433. The number of nitrogens with one attached hydrogen (secondary N) is 1. The van der Waals surface area contributed by atoms with Crippen LogP contribution in [-0.4, -0.2) is 46.3 Å². The van der Waals surface area contributed by atoms with Crippen molar-refractivity contribution in [3.63, 3.8) is 0 Å². The number of aromatic nitrogens is 2. The first-order valence-electron chi connectivity index (χ1n) is 10.4. The van der Waals surface area contributed by atoms with Gasteiger partial charge in [0.25, 0.3) is 0 Å². The standard InChI is InChI=1S/C22H25BrN4O3S/c23-18-5-3-16(4-6-18)21-25-20(30-26-21)14-27-10-7-17(8-11-27)22(28)24-9-13-31-15-19-2-1-12-29-19/h1-6,12,17H,7-11,13-15H2,(H,24,28). The Morgan fingerprint density at radius 1 is 1.23 bits per heavy atom. The first kappa shape index (κ1) is 22.1. The Bertz CT molecular complexity index is 954. The van der Waals surface area contributed by atoms with E-state index in [2.05, 4.69) is 36.3 Å². The molecule has 0 atom stereocenters. The average molecular weight is 505 g/mol. The number of amides is 1. The largest absolute Gasteiger partial charge is 0.468 e. The summed E-state index contributed by atoms with van der Waals surface area (Å²) in [5, 5.41) is 7.16. The summed E-state index contributed by atoms with van der Waals surface area (Å²) in [6, 6.07) is 11.7. The van der Waals surface area contributed by atoms with Gasteiger partial charge in [-0.25, -0.2) is 0 Å². The van der Waals surface area contributed by atoms with E-state index in [1.807, 2.05) is 36.4 Å². The first-order chi connectivity index (χ1) is 15.2. The maximum absolute atomic E-state index is 12.4. The van der Waals surface area contributed by atoms with Gasteiger partial charge in [-0.2, -0.15) is 16.7 Å². The van der Waals surface area contributed by atoms with Crippen LogP contribution in [0.3, 0.4) is 0 Å². The van der Waals surface area contributed by atoms with Gasteiger partial charge in [-0.15, -0.1) is 0 Å². The van der Waals surface area contributed by atoms with Crippen molar-refractivity contribution in [3.8, 4) is 11.4 Å². The highest BCUT2D eigenvalue weighted by molar-refractivity contribution is 9.10. The van der Waals surface area contributed by atoms with Crippen molar-refractivity contribution in [2.75, 3.05) is 25.4 Å². The lowest BCUT2D eigenvalue weighted by Crippen LogP contribution is -2.40. The van der Waals surface area contributed by atoms with E-state index in [9.17, 15) is 4.79 Å². The van der Waals surface area contributed by atoms with Crippen LogP contribution in [0.5, 0.6) is 0 Å². The van der Waals surface area contributed by atoms with Gasteiger partial charge < -0.3 is 14.3 Å². The summed E-state index contributed by atoms with van der Waals surface area (Å²) >= 11 is 5.19. The maximum atomic E-state index is 12.4. The van der Waals surface area contributed by atoms with Gasteiger partial charge in [0.05, 0.1) is 18.6 Å². The van der Waals surface area contributed by atoms with E-state index in [0.29, 0.717) is 24.8 Å². The molecule has 1 N–H and O–H groups in total.